The second kappa shape index (κ2) is 6.06. The highest BCUT2D eigenvalue weighted by atomic mass is 16.5. The van der Waals surface area contributed by atoms with Gasteiger partial charge in [-0.3, -0.25) is 9.69 Å². The molecule has 100 valence electrons. The zero-order valence-electron chi connectivity index (χ0n) is 10.9. The molecule has 1 aliphatic heterocycles. The zero-order chi connectivity index (χ0) is 13.0. The molecule has 18 heavy (non-hydrogen) atoms. The van der Waals surface area contributed by atoms with Gasteiger partial charge < -0.3 is 9.26 Å². The van der Waals surface area contributed by atoms with Crippen LogP contribution in [0.3, 0.4) is 0 Å². The fraction of sp³-hybridized carbons (Fsp3) is 0.750. The molecule has 0 radical (unpaired) electrons. The van der Waals surface area contributed by atoms with Gasteiger partial charge in [-0.15, -0.1) is 0 Å². The molecule has 1 aromatic rings. The number of aromatic nitrogens is 2. The summed E-state index contributed by atoms with van der Waals surface area (Å²) in [6, 6.07) is 0. The number of ether oxygens (including phenoxy) is 1. The zero-order valence-corrected chi connectivity index (χ0v) is 10.9. The Bertz CT molecular complexity index is 403. The van der Waals surface area contributed by atoms with Crippen LogP contribution >= 0.6 is 0 Å². The van der Waals surface area contributed by atoms with E-state index in [9.17, 15) is 4.79 Å². The maximum Gasteiger partial charge on any atom is 0.234 e. The van der Waals surface area contributed by atoms with Crippen molar-refractivity contribution in [1.82, 2.24) is 15.0 Å². The highest BCUT2D eigenvalue weighted by Crippen LogP contribution is 2.19. The SMILES string of the molecule is CCCN1CCOC(c2noc(CC(C)=O)n2)C1. The normalized spacial score (nSPS) is 21.1. The van der Waals surface area contributed by atoms with Gasteiger partial charge in [0.15, 0.2) is 0 Å². The third kappa shape index (κ3) is 3.36. The average Bonchev–Trinajstić information content (AvgIpc) is 2.77. The van der Waals surface area contributed by atoms with E-state index in [0.717, 1.165) is 26.1 Å². The van der Waals surface area contributed by atoms with Gasteiger partial charge in [0.25, 0.3) is 0 Å². The summed E-state index contributed by atoms with van der Waals surface area (Å²) in [5.74, 6) is 0.933. The molecule has 0 spiro atoms. The lowest BCUT2D eigenvalue weighted by Gasteiger charge is -2.30. The number of carbonyl (C=O) groups excluding carboxylic acids is 1. The van der Waals surface area contributed by atoms with Gasteiger partial charge >= 0.3 is 0 Å². The minimum absolute atomic E-state index is 0.0161. The fourth-order valence-corrected chi connectivity index (χ4v) is 2.06. The Hall–Kier alpha value is -1.27. The minimum atomic E-state index is -0.144. The lowest BCUT2D eigenvalue weighted by Crippen LogP contribution is -2.39. The Balaban J connectivity index is 1.97. The Morgan fingerprint density at radius 1 is 1.56 bits per heavy atom. The molecule has 1 fully saturated rings. The largest absolute Gasteiger partial charge is 0.367 e. The molecule has 0 aliphatic carbocycles. The van der Waals surface area contributed by atoms with Crippen molar-refractivity contribution in [3.05, 3.63) is 11.7 Å². The Morgan fingerprint density at radius 2 is 2.39 bits per heavy atom. The first kappa shape index (κ1) is 13.2. The fourth-order valence-electron chi connectivity index (χ4n) is 2.06. The minimum Gasteiger partial charge on any atom is -0.367 e. The first-order chi connectivity index (χ1) is 8.69. The van der Waals surface area contributed by atoms with E-state index in [-0.39, 0.29) is 18.3 Å². The van der Waals surface area contributed by atoms with Crippen molar-refractivity contribution in [2.75, 3.05) is 26.2 Å². The van der Waals surface area contributed by atoms with Crippen molar-refractivity contribution in [3.8, 4) is 0 Å². The predicted octanol–water partition coefficient (Wildman–Crippen LogP) is 0.984. The third-order valence-corrected chi connectivity index (χ3v) is 2.86. The molecule has 1 unspecified atom stereocenters. The van der Waals surface area contributed by atoms with Crippen molar-refractivity contribution in [1.29, 1.82) is 0 Å². The highest BCUT2D eigenvalue weighted by Gasteiger charge is 2.25. The van der Waals surface area contributed by atoms with Crippen LogP contribution in [0.25, 0.3) is 0 Å². The number of hydrogen-bond acceptors (Lipinski definition) is 6. The highest BCUT2D eigenvalue weighted by molar-refractivity contribution is 5.77. The van der Waals surface area contributed by atoms with E-state index in [1.165, 1.54) is 6.92 Å². The Morgan fingerprint density at radius 3 is 3.11 bits per heavy atom. The van der Waals surface area contributed by atoms with Crippen LogP contribution in [-0.4, -0.2) is 47.1 Å². The summed E-state index contributed by atoms with van der Waals surface area (Å²) in [5, 5.41) is 3.90. The van der Waals surface area contributed by atoms with Crippen LogP contribution in [0, 0.1) is 0 Å². The van der Waals surface area contributed by atoms with Crippen LogP contribution in [0.4, 0.5) is 0 Å². The third-order valence-electron chi connectivity index (χ3n) is 2.86. The standard InChI is InChI=1S/C12H19N3O3/c1-3-4-15-5-6-17-10(8-15)12-13-11(18-14-12)7-9(2)16/h10H,3-8H2,1-2H3. The number of nitrogens with zero attached hydrogens (tertiary/aromatic N) is 3. The molecular formula is C12H19N3O3. The van der Waals surface area contributed by atoms with Crippen molar-refractivity contribution in [2.45, 2.75) is 32.8 Å². The maximum atomic E-state index is 11.0. The molecule has 0 bridgehead atoms. The molecule has 2 heterocycles. The maximum absolute atomic E-state index is 11.0. The van der Waals surface area contributed by atoms with Gasteiger partial charge in [-0.1, -0.05) is 12.1 Å². The molecule has 0 saturated carbocycles. The summed E-state index contributed by atoms with van der Waals surface area (Å²) in [7, 11) is 0. The molecule has 1 aliphatic rings. The summed E-state index contributed by atoms with van der Waals surface area (Å²) < 4.78 is 10.7. The van der Waals surface area contributed by atoms with Gasteiger partial charge in [-0.2, -0.15) is 4.98 Å². The summed E-state index contributed by atoms with van der Waals surface area (Å²) in [5.41, 5.74) is 0. The number of rotatable bonds is 5. The number of Topliss-reactive ketones (excluding diaryl/α,β-unsaturated/α-hetero) is 1. The molecular weight excluding hydrogens is 234 g/mol. The quantitative estimate of drug-likeness (QED) is 0.779. The molecule has 1 atom stereocenters. The first-order valence-corrected chi connectivity index (χ1v) is 6.35. The van der Waals surface area contributed by atoms with Crippen molar-refractivity contribution >= 4 is 5.78 Å². The van der Waals surface area contributed by atoms with Crippen LogP contribution in [0.2, 0.25) is 0 Å². The van der Waals surface area contributed by atoms with E-state index in [2.05, 4.69) is 22.0 Å². The molecule has 0 N–H and O–H groups in total. The van der Waals surface area contributed by atoms with Crippen molar-refractivity contribution < 1.29 is 14.1 Å². The van der Waals surface area contributed by atoms with E-state index in [1.54, 1.807) is 0 Å². The van der Waals surface area contributed by atoms with Gasteiger partial charge in [0.1, 0.15) is 11.9 Å². The summed E-state index contributed by atoms with van der Waals surface area (Å²) in [6.45, 7) is 7.13. The second-order valence-electron chi connectivity index (χ2n) is 4.59. The van der Waals surface area contributed by atoms with Crippen molar-refractivity contribution in [3.63, 3.8) is 0 Å². The number of morpholine rings is 1. The molecule has 1 saturated heterocycles. The van der Waals surface area contributed by atoms with E-state index in [1.807, 2.05) is 0 Å². The van der Waals surface area contributed by atoms with Crippen LogP contribution in [0.1, 0.15) is 38.1 Å². The van der Waals surface area contributed by atoms with E-state index < -0.39 is 0 Å². The van der Waals surface area contributed by atoms with Gasteiger partial charge in [0.2, 0.25) is 11.7 Å². The van der Waals surface area contributed by atoms with E-state index in [0.29, 0.717) is 18.3 Å². The predicted molar refractivity (Wildman–Crippen MR) is 64.1 cm³/mol. The van der Waals surface area contributed by atoms with Gasteiger partial charge in [-0.25, -0.2) is 0 Å². The van der Waals surface area contributed by atoms with Crippen molar-refractivity contribution in [2.24, 2.45) is 0 Å². The molecule has 0 amide bonds. The lowest BCUT2D eigenvalue weighted by atomic mass is 10.2. The van der Waals surface area contributed by atoms with E-state index in [4.69, 9.17) is 9.26 Å². The van der Waals surface area contributed by atoms with E-state index >= 15 is 0 Å². The Kier molecular flexibility index (Phi) is 4.43. The molecule has 6 nitrogen and oxygen atoms in total. The number of ketones is 1. The number of hydrogen-bond donors (Lipinski definition) is 0. The summed E-state index contributed by atoms with van der Waals surface area (Å²) in [6.07, 6.45) is 1.17. The number of carbonyl (C=O) groups is 1. The monoisotopic (exact) mass is 253 g/mol. The lowest BCUT2D eigenvalue weighted by molar-refractivity contribution is -0.116. The molecule has 6 heteroatoms. The second-order valence-corrected chi connectivity index (χ2v) is 4.59. The summed E-state index contributed by atoms with van der Waals surface area (Å²) in [4.78, 5) is 17.5. The van der Waals surface area contributed by atoms with Crippen LogP contribution in [-0.2, 0) is 16.0 Å². The topological polar surface area (TPSA) is 68.5 Å². The van der Waals surface area contributed by atoms with Crippen LogP contribution < -0.4 is 0 Å². The molecule has 2 rings (SSSR count). The van der Waals surface area contributed by atoms with Crippen LogP contribution in [0.5, 0.6) is 0 Å². The Labute approximate surface area is 106 Å². The molecule has 0 aromatic carbocycles. The average molecular weight is 253 g/mol. The van der Waals surface area contributed by atoms with Gasteiger partial charge in [0, 0.05) is 13.1 Å². The van der Waals surface area contributed by atoms with Gasteiger partial charge in [-0.05, 0) is 19.9 Å². The molecule has 1 aromatic heterocycles. The van der Waals surface area contributed by atoms with Crippen LogP contribution in [0.15, 0.2) is 4.52 Å². The first-order valence-electron chi connectivity index (χ1n) is 6.35. The summed E-state index contributed by atoms with van der Waals surface area (Å²) >= 11 is 0. The van der Waals surface area contributed by atoms with Gasteiger partial charge in [0.05, 0.1) is 13.0 Å². The smallest absolute Gasteiger partial charge is 0.234 e.